The van der Waals surface area contributed by atoms with Crippen molar-refractivity contribution in [1.29, 1.82) is 0 Å². The normalized spacial score (nSPS) is 19.9. The summed E-state index contributed by atoms with van der Waals surface area (Å²) in [7, 11) is -3.54. The highest BCUT2D eigenvalue weighted by Gasteiger charge is 2.27. The Kier molecular flexibility index (Phi) is 5.91. The maximum absolute atomic E-state index is 12.7. The summed E-state index contributed by atoms with van der Waals surface area (Å²) in [6.45, 7) is 3.72. The third-order valence-electron chi connectivity index (χ3n) is 3.72. The molecule has 1 unspecified atom stereocenters. The molecule has 0 bridgehead atoms. The molecule has 1 fully saturated rings. The Balaban J connectivity index is 2.19. The SMILES string of the molecule is CCN(CC1CCCCN1)S(=O)(=O)c1ccc(Cl)c(Cl)c1. The Bertz CT molecular complexity index is 587. The molecule has 1 atom stereocenters. The first-order valence-electron chi connectivity index (χ1n) is 7.13. The lowest BCUT2D eigenvalue weighted by atomic mass is 10.1. The summed E-state index contributed by atoms with van der Waals surface area (Å²) in [6, 6.07) is 4.65. The minimum absolute atomic E-state index is 0.189. The second-order valence-corrected chi connectivity index (χ2v) is 7.93. The van der Waals surface area contributed by atoms with Crippen molar-refractivity contribution in [3.05, 3.63) is 28.2 Å². The number of sulfonamides is 1. The zero-order valence-electron chi connectivity index (χ0n) is 12.0. The second-order valence-electron chi connectivity index (χ2n) is 5.18. The first kappa shape index (κ1) is 17.0. The van der Waals surface area contributed by atoms with Gasteiger partial charge >= 0.3 is 0 Å². The topological polar surface area (TPSA) is 49.4 Å². The lowest BCUT2D eigenvalue weighted by molar-refractivity contribution is 0.319. The monoisotopic (exact) mass is 350 g/mol. The molecule has 1 heterocycles. The molecule has 1 aliphatic heterocycles. The average molecular weight is 351 g/mol. The van der Waals surface area contributed by atoms with E-state index in [4.69, 9.17) is 23.2 Å². The molecule has 0 aliphatic carbocycles. The van der Waals surface area contributed by atoms with Gasteiger partial charge in [0.25, 0.3) is 0 Å². The summed E-state index contributed by atoms with van der Waals surface area (Å²) in [6.07, 6.45) is 3.30. The van der Waals surface area contributed by atoms with Crippen LogP contribution >= 0.6 is 23.2 Å². The lowest BCUT2D eigenvalue weighted by Gasteiger charge is -2.29. The van der Waals surface area contributed by atoms with Crippen molar-refractivity contribution >= 4 is 33.2 Å². The summed E-state index contributed by atoms with van der Waals surface area (Å²) in [4.78, 5) is 0.189. The van der Waals surface area contributed by atoms with Crippen LogP contribution in [0.25, 0.3) is 0 Å². The van der Waals surface area contributed by atoms with Gasteiger partial charge in [0.15, 0.2) is 0 Å². The van der Waals surface area contributed by atoms with Gasteiger partial charge in [0, 0.05) is 19.1 Å². The Labute approximate surface area is 136 Å². The number of benzene rings is 1. The molecule has 0 radical (unpaired) electrons. The molecule has 1 aliphatic rings. The molecule has 1 N–H and O–H groups in total. The smallest absolute Gasteiger partial charge is 0.243 e. The third-order valence-corrected chi connectivity index (χ3v) is 6.39. The van der Waals surface area contributed by atoms with Crippen molar-refractivity contribution in [2.75, 3.05) is 19.6 Å². The van der Waals surface area contributed by atoms with Gasteiger partial charge in [-0.05, 0) is 37.6 Å². The molecule has 2 rings (SSSR count). The number of piperidine rings is 1. The number of nitrogens with one attached hydrogen (secondary N) is 1. The molecule has 0 spiro atoms. The molecular formula is C14H20Cl2N2O2S. The Hall–Kier alpha value is -0.330. The van der Waals surface area contributed by atoms with Crippen LogP contribution in [0.5, 0.6) is 0 Å². The van der Waals surface area contributed by atoms with Gasteiger partial charge in [0.2, 0.25) is 10.0 Å². The fourth-order valence-electron chi connectivity index (χ4n) is 2.51. The zero-order valence-corrected chi connectivity index (χ0v) is 14.3. The largest absolute Gasteiger partial charge is 0.313 e. The fourth-order valence-corrected chi connectivity index (χ4v) is 4.39. The Morgan fingerprint density at radius 1 is 1.29 bits per heavy atom. The molecule has 0 saturated carbocycles. The van der Waals surface area contributed by atoms with Crippen LogP contribution in [-0.4, -0.2) is 38.4 Å². The molecule has 118 valence electrons. The number of halogens is 2. The first-order chi connectivity index (χ1) is 9.95. The van der Waals surface area contributed by atoms with E-state index in [1.807, 2.05) is 6.92 Å². The maximum Gasteiger partial charge on any atom is 0.243 e. The zero-order chi connectivity index (χ0) is 15.5. The van der Waals surface area contributed by atoms with Crippen LogP contribution in [0.15, 0.2) is 23.1 Å². The highest BCUT2D eigenvalue weighted by atomic mass is 35.5. The van der Waals surface area contributed by atoms with E-state index in [1.165, 1.54) is 22.5 Å². The third kappa shape index (κ3) is 4.11. The van der Waals surface area contributed by atoms with E-state index >= 15 is 0 Å². The molecule has 21 heavy (non-hydrogen) atoms. The van der Waals surface area contributed by atoms with Gasteiger partial charge in [-0.25, -0.2) is 8.42 Å². The van der Waals surface area contributed by atoms with Crippen LogP contribution in [0.2, 0.25) is 10.0 Å². The number of nitrogens with zero attached hydrogens (tertiary/aromatic N) is 1. The number of hydrogen-bond acceptors (Lipinski definition) is 3. The summed E-state index contributed by atoms with van der Waals surface area (Å²) < 4.78 is 26.9. The van der Waals surface area contributed by atoms with Crippen molar-refractivity contribution in [3.8, 4) is 0 Å². The van der Waals surface area contributed by atoms with E-state index in [0.29, 0.717) is 18.1 Å². The Morgan fingerprint density at radius 2 is 2.05 bits per heavy atom. The fraction of sp³-hybridized carbons (Fsp3) is 0.571. The molecule has 0 aromatic heterocycles. The number of likely N-dealkylation sites (N-methyl/N-ethyl adjacent to an activating group) is 1. The highest BCUT2D eigenvalue weighted by Crippen LogP contribution is 2.26. The standard InChI is InChI=1S/C14H20Cl2N2O2S/c1-2-18(10-11-5-3-4-8-17-11)21(19,20)12-6-7-13(15)14(16)9-12/h6-7,9,11,17H,2-5,8,10H2,1H3. The second kappa shape index (κ2) is 7.29. The van der Waals surface area contributed by atoms with Crippen LogP contribution in [0.3, 0.4) is 0 Å². The van der Waals surface area contributed by atoms with Gasteiger partial charge in [-0.3, -0.25) is 0 Å². The predicted octanol–water partition coefficient (Wildman–Crippen LogP) is 3.15. The van der Waals surface area contributed by atoms with Crippen LogP contribution < -0.4 is 5.32 Å². The molecule has 0 amide bonds. The number of rotatable bonds is 5. The van der Waals surface area contributed by atoms with Gasteiger partial charge < -0.3 is 5.32 Å². The van der Waals surface area contributed by atoms with Crippen molar-refractivity contribution in [2.24, 2.45) is 0 Å². The quantitative estimate of drug-likeness (QED) is 0.887. The maximum atomic E-state index is 12.7. The average Bonchev–Trinajstić information content (AvgIpc) is 2.48. The van der Waals surface area contributed by atoms with E-state index in [2.05, 4.69) is 5.32 Å². The van der Waals surface area contributed by atoms with Gasteiger partial charge in [-0.1, -0.05) is 36.5 Å². The number of hydrogen-bond donors (Lipinski definition) is 1. The highest BCUT2D eigenvalue weighted by molar-refractivity contribution is 7.89. The summed E-state index contributed by atoms with van der Waals surface area (Å²) in [5, 5.41) is 3.98. The minimum atomic E-state index is -3.54. The van der Waals surface area contributed by atoms with Gasteiger partial charge in [-0.15, -0.1) is 0 Å². The molecule has 4 nitrogen and oxygen atoms in total. The van der Waals surface area contributed by atoms with Crippen LogP contribution in [0, 0.1) is 0 Å². The molecular weight excluding hydrogens is 331 g/mol. The summed E-state index contributed by atoms with van der Waals surface area (Å²) in [5.41, 5.74) is 0. The van der Waals surface area contributed by atoms with E-state index in [0.717, 1.165) is 25.8 Å². The van der Waals surface area contributed by atoms with Crippen molar-refractivity contribution in [2.45, 2.75) is 37.1 Å². The van der Waals surface area contributed by atoms with E-state index in [9.17, 15) is 8.42 Å². The van der Waals surface area contributed by atoms with E-state index in [-0.39, 0.29) is 16.0 Å². The van der Waals surface area contributed by atoms with Gasteiger partial charge in [0.1, 0.15) is 0 Å². The minimum Gasteiger partial charge on any atom is -0.313 e. The van der Waals surface area contributed by atoms with Crippen molar-refractivity contribution in [3.63, 3.8) is 0 Å². The van der Waals surface area contributed by atoms with Gasteiger partial charge in [0.05, 0.1) is 14.9 Å². The molecule has 1 aromatic carbocycles. The predicted molar refractivity (Wildman–Crippen MR) is 86.5 cm³/mol. The van der Waals surface area contributed by atoms with E-state index in [1.54, 1.807) is 0 Å². The molecule has 1 aromatic rings. The van der Waals surface area contributed by atoms with Crippen molar-refractivity contribution in [1.82, 2.24) is 9.62 Å². The molecule has 7 heteroatoms. The summed E-state index contributed by atoms with van der Waals surface area (Å²) in [5.74, 6) is 0. The molecule has 1 saturated heterocycles. The van der Waals surface area contributed by atoms with Crippen molar-refractivity contribution < 1.29 is 8.42 Å². The first-order valence-corrected chi connectivity index (χ1v) is 9.33. The van der Waals surface area contributed by atoms with Crippen LogP contribution in [-0.2, 0) is 10.0 Å². The lowest BCUT2D eigenvalue weighted by Crippen LogP contribution is -2.45. The van der Waals surface area contributed by atoms with Crippen LogP contribution in [0.4, 0.5) is 0 Å². The summed E-state index contributed by atoms with van der Waals surface area (Å²) >= 11 is 11.8. The van der Waals surface area contributed by atoms with Gasteiger partial charge in [-0.2, -0.15) is 4.31 Å². The van der Waals surface area contributed by atoms with Crippen LogP contribution in [0.1, 0.15) is 26.2 Å². The van der Waals surface area contributed by atoms with E-state index < -0.39 is 10.0 Å². The Morgan fingerprint density at radius 3 is 2.62 bits per heavy atom.